The number of hydrazine groups is 1. The lowest BCUT2D eigenvalue weighted by molar-refractivity contribution is -0.118. The van der Waals surface area contributed by atoms with Gasteiger partial charge in [-0.3, -0.25) is 15.6 Å². The smallest absolute Gasteiger partial charge is 0.253 e. The van der Waals surface area contributed by atoms with Gasteiger partial charge in [0.05, 0.1) is 15.1 Å². The number of hydrogen-bond donors (Lipinski definition) is 2. The van der Waals surface area contributed by atoms with Gasteiger partial charge in [0.25, 0.3) is 5.91 Å². The van der Waals surface area contributed by atoms with Crippen LogP contribution in [-0.4, -0.2) is 25.1 Å². The minimum atomic E-state index is -3.68. The van der Waals surface area contributed by atoms with E-state index in [-0.39, 0.29) is 4.90 Å². The quantitative estimate of drug-likeness (QED) is 0.670. The summed E-state index contributed by atoms with van der Waals surface area (Å²) in [5.41, 5.74) is 7.93. The van der Waals surface area contributed by atoms with Crippen molar-refractivity contribution in [2.45, 2.75) is 18.7 Å². The summed E-state index contributed by atoms with van der Waals surface area (Å²) in [7, 11) is -3.68. The van der Waals surface area contributed by atoms with Crippen LogP contribution in [0.4, 0.5) is 5.13 Å². The number of carbonyl (C=O) groups is 1. The molecule has 0 fully saturated rings. The molecule has 0 atom stereocenters. The number of rotatable bonds is 5. The van der Waals surface area contributed by atoms with Crippen LogP contribution >= 0.6 is 11.3 Å². The Hall–Kier alpha value is -2.45. The average molecular weight is 375 g/mol. The van der Waals surface area contributed by atoms with E-state index in [0.29, 0.717) is 5.13 Å². The molecule has 3 rings (SSSR count). The second-order valence-electron chi connectivity index (χ2n) is 5.69. The maximum absolute atomic E-state index is 12.2. The van der Waals surface area contributed by atoms with Crippen LogP contribution in [0.2, 0.25) is 0 Å². The number of carbonyl (C=O) groups excluding carboxylic acids is 1. The van der Waals surface area contributed by atoms with Crippen LogP contribution in [0.3, 0.4) is 0 Å². The van der Waals surface area contributed by atoms with E-state index in [4.69, 9.17) is 0 Å². The summed E-state index contributed by atoms with van der Waals surface area (Å²) >= 11 is 1.38. The van der Waals surface area contributed by atoms with E-state index >= 15 is 0 Å². The molecule has 130 valence electrons. The molecule has 0 aliphatic carbocycles. The van der Waals surface area contributed by atoms with Gasteiger partial charge in [-0.25, -0.2) is 13.4 Å². The predicted octanol–water partition coefficient (Wildman–Crippen LogP) is 2.83. The van der Waals surface area contributed by atoms with Crippen molar-refractivity contribution in [1.82, 2.24) is 10.4 Å². The lowest BCUT2D eigenvalue weighted by Crippen LogP contribution is -2.34. The SMILES string of the molecule is Cc1ccc(S(=O)(=O)CC(=O)NNc2nc3c(C)cccc3s2)cc1. The fourth-order valence-corrected chi connectivity index (χ4v) is 4.33. The summed E-state index contributed by atoms with van der Waals surface area (Å²) in [4.78, 5) is 16.5. The average Bonchev–Trinajstić information content (AvgIpc) is 2.97. The van der Waals surface area contributed by atoms with E-state index in [1.54, 1.807) is 12.1 Å². The Morgan fingerprint density at radius 2 is 1.84 bits per heavy atom. The number of nitrogens with one attached hydrogen (secondary N) is 2. The van der Waals surface area contributed by atoms with Gasteiger partial charge >= 0.3 is 0 Å². The molecular weight excluding hydrogens is 358 g/mol. The number of amides is 1. The van der Waals surface area contributed by atoms with Crippen LogP contribution in [0.15, 0.2) is 47.4 Å². The van der Waals surface area contributed by atoms with Gasteiger partial charge in [0, 0.05) is 0 Å². The molecule has 2 N–H and O–H groups in total. The number of sulfone groups is 1. The van der Waals surface area contributed by atoms with Crippen LogP contribution in [0, 0.1) is 13.8 Å². The monoisotopic (exact) mass is 375 g/mol. The Bertz CT molecular complexity index is 1020. The molecule has 0 radical (unpaired) electrons. The molecule has 1 amide bonds. The molecule has 0 saturated carbocycles. The first kappa shape index (κ1) is 17.4. The van der Waals surface area contributed by atoms with E-state index < -0.39 is 21.5 Å². The molecule has 0 saturated heterocycles. The summed E-state index contributed by atoms with van der Waals surface area (Å²) in [6.07, 6.45) is 0. The molecule has 0 aliphatic heterocycles. The minimum Gasteiger partial charge on any atom is -0.273 e. The zero-order chi connectivity index (χ0) is 18.0. The van der Waals surface area contributed by atoms with Gasteiger partial charge in [0.15, 0.2) is 9.84 Å². The largest absolute Gasteiger partial charge is 0.273 e. The van der Waals surface area contributed by atoms with Crippen molar-refractivity contribution in [3.63, 3.8) is 0 Å². The van der Waals surface area contributed by atoms with Gasteiger partial charge in [-0.15, -0.1) is 0 Å². The number of thiazole rings is 1. The standard InChI is InChI=1S/C17H17N3O3S2/c1-11-6-8-13(9-7-11)25(22,23)10-15(21)19-20-17-18-16-12(2)4-3-5-14(16)24-17/h3-9H,10H2,1-2H3,(H,18,20)(H,19,21). The third-order valence-corrected chi connectivity index (χ3v) is 6.20. The number of hydrogen-bond acceptors (Lipinski definition) is 6. The van der Waals surface area contributed by atoms with Gasteiger partial charge in [-0.05, 0) is 37.6 Å². The van der Waals surface area contributed by atoms with Crippen molar-refractivity contribution in [2.75, 3.05) is 11.2 Å². The number of fused-ring (bicyclic) bond motifs is 1. The maximum atomic E-state index is 12.2. The van der Waals surface area contributed by atoms with E-state index in [1.807, 2.05) is 32.0 Å². The van der Waals surface area contributed by atoms with Crippen molar-refractivity contribution in [1.29, 1.82) is 0 Å². The van der Waals surface area contributed by atoms with Crippen molar-refractivity contribution in [3.8, 4) is 0 Å². The normalized spacial score (nSPS) is 11.4. The Morgan fingerprint density at radius 1 is 1.12 bits per heavy atom. The molecule has 0 spiro atoms. The number of aromatic nitrogens is 1. The van der Waals surface area contributed by atoms with Crippen LogP contribution in [-0.2, 0) is 14.6 Å². The van der Waals surface area contributed by atoms with Gasteiger partial charge in [0.1, 0.15) is 5.75 Å². The van der Waals surface area contributed by atoms with Gasteiger partial charge in [0.2, 0.25) is 5.13 Å². The second kappa shape index (κ2) is 6.81. The van der Waals surface area contributed by atoms with Crippen molar-refractivity contribution in [2.24, 2.45) is 0 Å². The van der Waals surface area contributed by atoms with E-state index in [2.05, 4.69) is 15.8 Å². The maximum Gasteiger partial charge on any atom is 0.253 e. The Morgan fingerprint density at radius 3 is 2.52 bits per heavy atom. The van der Waals surface area contributed by atoms with Crippen molar-refractivity contribution < 1.29 is 13.2 Å². The summed E-state index contributed by atoms with van der Waals surface area (Å²) in [5, 5.41) is 0.505. The lowest BCUT2D eigenvalue weighted by atomic mass is 10.2. The number of aryl methyl sites for hydroxylation is 2. The molecule has 1 aromatic heterocycles. The first-order valence-electron chi connectivity index (χ1n) is 7.55. The topological polar surface area (TPSA) is 88.2 Å². The van der Waals surface area contributed by atoms with Crippen LogP contribution in [0.5, 0.6) is 0 Å². The molecule has 0 bridgehead atoms. The van der Waals surface area contributed by atoms with Crippen LogP contribution < -0.4 is 10.9 Å². The highest BCUT2D eigenvalue weighted by Crippen LogP contribution is 2.27. The molecule has 1 heterocycles. The summed E-state index contributed by atoms with van der Waals surface area (Å²) in [6.45, 7) is 3.82. The first-order chi connectivity index (χ1) is 11.8. The van der Waals surface area contributed by atoms with Crippen molar-refractivity contribution in [3.05, 3.63) is 53.6 Å². The molecule has 3 aromatic rings. The first-order valence-corrected chi connectivity index (χ1v) is 10.0. The zero-order valence-electron chi connectivity index (χ0n) is 13.7. The third kappa shape index (κ3) is 3.97. The molecular formula is C17H17N3O3S2. The lowest BCUT2D eigenvalue weighted by Gasteiger charge is -2.07. The predicted molar refractivity (Wildman–Crippen MR) is 99.4 cm³/mol. The van der Waals surface area contributed by atoms with E-state index in [0.717, 1.165) is 21.3 Å². The van der Waals surface area contributed by atoms with Gasteiger partial charge in [-0.1, -0.05) is 41.2 Å². The molecule has 0 unspecified atom stereocenters. The summed E-state index contributed by atoms with van der Waals surface area (Å²) in [5.74, 6) is -1.27. The van der Waals surface area contributed by atoms with Gasteiger partial charge < -0.3 is 0 Å². The fraction of sp³-hybridized carbons (Fsp3) is 0.176. The molecule has 6 nitrogen and oxygen atoms in total. The number of para-hydroxylation sites is 1. The molecule has 25 heavy (non-hydrogen) atoms. The number of nitrogens with zero attached hydrogens (tertiary/aromatic N) is 1. The fourth-order valence-electron chi connectivity index (χ4n) is 2.30. The van der Waals surface area contributed by atoms with Crippen LogP contribution in [0.25, 0.3) is 10.2 Å². The zero-order valence-corrected chi connectivity index (χ0v) is 15.4. The number of benzene rings is 2. The third-order valence-electron chi connectivity index (χ3n) is 3.63. The highest BCUT2D eigenvalue weighted by molar-refractivity contribution is 7.92. The second-order valence-corrected chi connectivity index (χ2v) is 8.71. The Kier molecular flexibility index (Phi) is 4.73. The van der Waals surface area contributed by atoms with Crippen LogP contribution in [0.1, 0.15) is 11.1 Å². The highest BCUT2D eigenvalue weighted by Gasteiger charge is 2.19. The Labute approximate surface area is 149 Å². The van der Waals surface area contributed by atoms with E-state index in [9.17, 15) is 13.2 Å². The minimum absolute atomic E-state index is 0.129. The highest BCUT2D eigenvalue weighted by atomic mass is 32.2. The van der Waals surface area contributed by atoms with Crippen molar-refractivity contribution >= 4 is 42.4 Å². The molecule has 0 aliphatic rings. The molecule has 2 aromatic carbocycles. The van der Waals surface area contributed by atoms with Gasteiger partial charge in [-0.2, -0.15) is 0 Å². The molecule has 8 heteroatoms. The van der Waals surface area contributed by atoms with E-state index in [1.165, 1.54) is 23.5 Å². The summed E-state index contributed by atoms with van der Waals surface area (Å²) < 4.78 is 25.5. The summed E-state index contributed by atoms with van der Waals surface area (Å²) in [6, 6.07) is 12.2. The Balaban J connectivity index is 1.65. The number of anilines is 1.